The lowest BCUT2D eigenvalue weighted by Gasteiger charge is -2.25. The summed E-state index contributed by atoms with van der Waals surface area (Å²) in [6.07, 6.45) is 8.79. The predicted octanol–water partition coefficient (Wildman–Crippen LogP) is 4.36. The molecule has 3 rings (SSSR count). The fraction of sp³-hybridized carbons (Fsp3) is 0.318. The summed E-state index contributed by atoms with van der Waals surface area (Å²) < 4.78 is 0. The van der Waals surface area contributed by atoms with E-state index in [0.717, 1.165) is 30.6 Å². The van der Waals surface area contributed by atoms with Crippen LogP contribution in [0.5, 0.6) is 0 Å². The minimum absolute atomic E-state index is 0.105. The topological polar surface area (TPSA) is 61.4 Å². The summed E-state index contributed by atoms with van der Waals surface area (Å²) in [5.41, 5.74) is 1.21. The van der Waals surface area contributed by atoms with E-state index in [1.165, 1.54) is 12.5 Å². The van der Waals surface area contributed by atoms with Gasteiger partial charge in [-0.05, 0) is 54.7 Å². The van der Waals surface area contributed by atoms with Crippen LogP contribution in [-0.4, -0.2) is 30.0 Å². The maximum Gasteiger partial charge on any atom is 0.253 e. The number of rotatable bonds is 5. The quantitative estimate of drug-likeness (QED) is 0.550. The van der Waals surface area contributed by atoms with Crippen molar-refractivity contribution >= 4 is 52.2 Å². The smallest absolute Gasteiger partial charge is 0.253 e. The second-order valence-electron chi connectivity index (χ2n) is 7.03. The van der Waals surface area contributed by atoms with Crippen molar-refractivity contribution in [1.29, 1.82) is 0 Å². The maximum atomic E-state index is 12.8. The van der Waals surface area contributed by atoms with Crippen LogP contribution in [0, 0.1) is 0 Å². The zero-order valence-corrected chi connectivity index (χ0v) is 18.0. The second-order valence-corrected chi connectivity index (χ2v) is 8.39. The molecule has 0 atom stereocenters. The number of thiocarbonyl (C=S) groups is 1. The van der Waals surface area contributed by atoms with E-state index in [1.54, 1.807) is 35.4 Å². The van der Waals surface area contributed by atoms with Crippen molar-refractivity contribution in [2.24, 2.45) is 0 Å². The molecule has 0 spiro atoms. The van der Waals surface area contributed by atoms with Gasteiger partial charge in [0.15, 0.2) is 5.11 Å². The van der Waals surface area contributed by atoms with E-state index in [4.69, 9.17) is 12.2 Å². The Morgan fingerprint density at radius 2 is 1.90 bits per heavy atom. The molecule has 1 aliphatic carbocycles. The van der Waals surface area contributed by atoms with Gasteiger partial charge in [-0.25, -0.2) is 0 Å². The average Bonchev–Trinajstić information content (AvgIpc) is 3.26. The van der Waals surface area contributed by atoms with E-state index in [1.807, 2.05) is 35.7 Å². The van der Waals surface area contributed by atoms with Gasteiger partial charge in [0.2, 0.25) is 5.91 Å². The Morgan fingerprint density at radius 1 is 1.14 bits per heavy atom. The van der Waals surface area contributed by atoms with Crippen molar-refractivity contribution < 1.29 is 9.59 Å². The highest BCUT2D eigenvalue weighted by atomic mass is 32.1. The molecule has 5 nitrogen and oxygen atoms in total. The number of nitrogens with zero attached hydrogens (tertiary/aromatic N) is 1. The third-order valence-corrected chi connectivity index (χ3v) is 6.14. The minimum atomic E-state index is -0.306. The number of carbonyl (C=O) groups is 2. The van der Waals surface area contributed by atoms with Gasteiger partial charge in [0.25, 0.3) is 5.91 Å². The summed E-state index contributed by atoms with van der Waals surface area (Å²) in [5.74, 6) is -0.412. The van der Waals surface area contributed by atoms with E-state index >= 15 is 0 Å². The van der Waals surface area contributed by atoms with Crippen LogP contribution in [-0.2, 0) is 4.79 Å². The number of amides is 2. The highest BCUT2D eigenvalue weighted by Crippen LogP contribution is 2.22. The first-order chi connectivity index (χ1) is 14.0. The SMILES string of the molecule is CN(C(=S)NC(=O)C=Cc1cccs1)c1ccccc1C(=O)NC1CCCCC1. The largest absolute Gasteiger partial charge is 0.349 e. The molecule has 1 heterocycles. The standard InChI is InChI=1S/C22H25N3O2S2/c1-25(22(28)24-20(26)14-13-17-10-7-15-29-17)19-12-6-5-11-18(19)21(27)23-16-8-3-2-4-9-16/h5-7,10-16H,2-4,8-9H2,1H3,(H,23,27)(H,24,26,28). The monoisotopic (exact) mass is 427 g/mol. The van der Waals surface area contributed by atoms with Crippen molar-refractivity contribution in [2.75, 3.05) is 11.9 Å². The first-order valence-corrected chi connectivity index (χ1v) is 11.0. The van der Waals surface area contributed by atoms with Gasteiger partial charge < -0.3 is 10.2 Å². The van der Waals surface area contributed by atoms with Crippen LogP contribution in [0.3, 0.4) is 0 Å². The minimum Gasteiger partial charge on any atom is -0.349 e. The van der Waals surface area contributed by atoms with Crippen LogP contribution < -0.4 is 15.5 Å². The molecule has 2 N–H and O–H groups in total. The fourth-order valence-electron chi connectivity index (χ4n) is 3.35. The van der Waals surface area contributed by atoms with Gasteiger partial charge in [0.1, 0.15) is 0 Å². The molecule has 1 aromatic heterocycles. The average molecular weight is 428 g/mol. The van der Waals surface area contributed by atoms with Crippen LogP contribution in [0.2, 0.25) is 0 Å². The number of anilines is 1. The molecule has 29 heavy (non-hydrogen) atoms. The highest BCUT2D eigenvalue weighted by Gasteiger charge is 2.21. The maximum absolute atomic E-state index is 12.8. The third kappa shape index (κ3) is 5.98. The van der Waals surface area contributed by atoms with Gasteiger partial charge in [-0.3, -0.25) is 14.9 Å². The third-order valence-electron chi connectivity index (χ3n) is 4.93. The molecule has 1 aliphatic rings. The number of benzene rings is 1. The van der Waals surface area contributed by atoms with E-state index in [2.05, 4.69) is 10.6 Å². The molecular weight excluding hydrogens is 402 g/mol. The van der Waals surface area contributed by atoms with Gasteiger partial charge >= 0.3 is 0 Å². The number of hydrogen-bond acceptors (Lipinski definition) is 4. The van der Waals surface area contributed by atoms with Crippen LogP contribution in [0.4, 0.5) is 5.69 Å². The molecule has 1 aromatic carbocycles. The summed E-state index contributed by atoms with van der Waals surface area (Å²) in [5, 5.41) is 8.02. The molecule has 0 saturated heterocycles. The highest BCUT2D eigenvalue weighted by molar-refractivity contribution is 7.80. The second kappa shape index (κ2) is 10.3. The molecule has 1 saturated carbocycles. The Hall–Kier alpha value is -2.51. The Morgan fingerprint density at radius 3 is 2.62 bits per heavy atom. The molecule has 0 bridgehead atoms. The van der Waals surface area contributed by atoms with Crippen molar-refractivity contribution in [3.05, 3.63) is 58.3 Å². The van der Waals surface area contributed by atoms with E-state index in [9.17, 15) is 9.59 Å². The number of carbonyl (C=O) groups excluding carboxylic acids is 2. The van der Waals surface area contributed by atoms with E-state index in [-0.39, 0.29) is 23.0 Å². The number of nitrogens with one attached hydrogen (secondary N) is 2. The van der Waals surface area contributed by atoms with Crippen LogP contribution in [0.25, 0.3) is 6.08 Å². The predicted molar refractivity (Wildman–Crippen MR) is 123 cm³/mol. The Kier molecular flexibility index (Phi) is 7.55. The zero-order valence-electron chi connectivity index (χ0n) is 16.4. The fourth-order valence-corrected chi connectivity index (χ4v) is 4.17. The lowest BCUT2D eigenvalue weighted by Crippen LogP contribution is -2.41. The molecule has 2 amide bonds. The summed E-state index contributed by atoms with van der Waals surface area (Å²) in [4.78, 5) is 27.7. The van der Waals surface area contributed by atoms with Crippen molar-refractivity contribution in [2.45, 2.75) is 38.1 Å². The number of hydrogen-bond donors (Lipinski definition) is 2. The number of thiophene rings is 1. The lowest BCUT2D eigenvalue weighted by molar-refractivity contribution is -0.115. The summed E-state index contributed by atoms with van der Waals surface area (Å²) >= 11 is 6.94. The van der Waals surface area contributed by atoms with Gasteiger partial charge in [-0.2, -0.15) is 0 Å². The van der Waals surface area contributed by atoms with E-state index in [0.29, 0.717) is 11.3 Å². The Bertz CT molecular complexity index is 887. The molecular formula is C22H25N3O2S2. The van der Waals surface area contributed by atoms with Crippen molar-refractivity contribution in [3.63, 3.8) is 0 Å². The Labute approximate surface area is 180 Å². The zero-order chi connectivity index (χ0) is 20.6. The molecule has 0 radical (unpaired) electrons. The Balaban J connectivity index is 1.65. The van der Waals surface area contributed by atoms with Gasteiger partial charge in [-0.15, -0.1) is 11.3 Å². The van der Waals surface area contributed by atoms with Crippen LogP contribution in [0.15, 0.2) is 47.9 Å². The first kappa shape index (κ1) is 21.2. The molecule has 0 aliphatic heterocycles. The molecule has 2 aromatic rings. The van der Waals surface area contributed by atoms with Crippen molar-refractivity contribution in [1.82, 2.24) is 10.6 Å². The molecule has 152 valence electrons. The van der Waals surface area contributed by atoms with Crippen LogP contribution >= 0.6 is 23.6 Å². The summed E-state index contributed by atoms with van der Waals surface area (Å²) in [6.45, 7) is 0. The van der Waals surface area contributed by atoms with Gasteiger partial charge in [0, 0.05) is 24.0 Å². The first-order valence-electron chi connectivity index (χ1n) is 9.75. The summed E-state index contributed by atoms with van der Waals surface area (Å²) in [6, 6.07) is 11.4. The lowest BCUT2D eigenvalue weighted by atomic mass is 9.95. The molecule has 1 fully saturated rings. The van der Waals surface area contributed by atoms with Gasteiger partial charge in [0.05, 0.1) is 11.3 Å². The number of para-hydroxylation sites is 1. The van der Waals surface area contributed by atoms with Crippen molar-refractivity contribution in [3.8, 4) is 0 Å². The van der Waals surface area contributed by atoms with Crippen LogP contribution in [0.1, 0.15) is 47.3 Å². The van der Waals surface area contributed by atoms with Gasteiger partial charge in [-0.1, -0.05) is 37.5 Å². The normalized spacial score (nSPS) is 14.5. The summed E-state index contributed by atoms with van der Waals surface area (Å²) in [7, 11) is 1.75. The molecule has 7 heteroatoms. The molecule has 0 unspecified atom stereocenters. The van der Waals surface area contributed by atoms with E-state index < -0.39 is 0 Å².